The summed E-state index contributed by atoms with van der Waals surface area (Å²) in [4.78, 5) is 10.9. The molecule has 0 atom stereocenters. The molecule has 0 bridgehead atoms. The minimum Gasteiger partial charge on any atom is -0.478 e. The summed E-state index contributed by atoms with van der Waals surface area (Å²) in [5.74, 6) is -0.852. The van der Waals surface area contributed by atoms with Crippen molar-refractivity contribution in [3.05, 3.63) is 35.4 Å². The van der Waals surface area contributed by atoms with Gasteiger partial charge >= 0.3 is 5.97 Å². The van der Waals surface area contributed by atoms with Crippen LogP contribution < -0.4 is 0 Å². The van der Waals surface area contributed by atoms with Crippen LogP contribution in [0.5, 0.6) is 0 Å². The minimum atomic E-state index is -0.852. The monoisotopic (exact) mass is 262 g/mol. The molecule has 0 heterocycles. The van der Waals surface area contributed by atoms with Crippen LogP contribution in [-0.2, 0) is 5.41 Å². The van der Waals surface area contributed by atoms with Gasteiger partial charge in [0.05, 0.1) is 5.56 Å². The van der Waals surface area contributed by atoms with Gasteiger partial charge in [-0.3, -0.25) is 0 Å². The molecule has 1 aromatic rings. The minimum absolute atomic E-state index is 0.184. The van der Waals surface area contributed by atoms with E-state index in [9.17, 15) is 4.79 Å². The second-order valence-corrected chi connectivity index (χ2v) is 5.65. The van der Waals surface area contributed by atoms with Crippen LogP contribution in [0.3, 0.4) is 0 Å². The molecule has 0 unspecified atom stereocenters. The quantitative estimate of drug-likeness (QED) is 0.714. The lowest BCUT2D eigenvalue weighted by Gasteiger charge is -2.30. The summed E-state index contributed by atoms with van der Waals surface area (Å²) in [6, 6.07) is 7.45. The van der Waals surface area contributed by atoms with E-state index in [2.05, 4.69) is 20.8 Å². The van der Waals surface area contributed by atoms with Crippen LogP contribution in [0.15, 0.2) is 24.3 Å². The first-order chi connectivity index (χ1) is 9.03. The zero-order valence-electron chi connectivity index (χ0n) is 12.4. The molecule has 0 saturated carbocycles. The topological polar surface area (TPSA) is 37.3 Å². The van der Waals surface area contributed by atoms with Crippen LogP contribution in [0.2, 0.25) is 0 Å². The van der Waals surface area contributed by atoms with Gasteiger partial charge in [0.15, 0.2) is 0 Å². The van der Waals surface area contributed by atoms with Crippen LogP contribution >= 0.6 is 0 Å². The first kappa shape index (κ1) is 15.7. The predicted molar refractivity (Wildman–Crippen MR) is 79.8 cm³/mol. The molecule has 0 fully saturated rings. The Bertz CT molecular complexity index is 384. The third-order valence-corrected chi connectivity index (χ3v) is 3.99. The number of rotatable bonds is 8. The molecule has 0 amide bonds. The molecule has 106 valence electrons. The number of carboxylic acid groups (broad SMARTS) is 1. The van der Waals surface area contributed by atoms with Gasteiger partial charge in [0, 0.05) is 0 Å². The van der Waals surface area contributed by atoms with E-state index in [1.165, 1.54) is 44.1 Å². The highest BCUT2D eigenvalue weighted by atomic mass is 16.4. The van der Waals surface area contributed by atoms with Crippen molar-refractivity contribution in [2.24, 2.45) is 0 Å². The highest BCUT2D eigenvalue weighted by Gasteiger charge is 2.25. The Morgan fingerprint density at radius 1 is 1.05 bits per heavy atom. The van der Waals surface area contributed by atoms with Crippen molar-refractivity contribution in [2.45, 2.75) is 64.7 Å². The van der Waals surface area contributed by atoms with E-state index in [-0.39, 0.29) is 5.41 Å². The number of hydrogen-bond donors (Lipinski definition) is 1. The van der Waals surface area contributed by atoms with E-state index < -0.39 is 5.97 Å². The number of benzene rings is 1. The van der Waals surface area contributed by atoms with Gasteiger partial charge in [0.2, 0.25) is 0 Å². The average Bonchev–Trinajstić information content (AvgIpc) is 2.43. The van der Waals surface area contributed by atoms with Crippen molar-refractivity contribution in [1.82, 2.24) is 0 Å². The maximum Gasteiger partial charge on any atom is 0.335 e. The Hall–Kier alpha value is -1.31. The van der Waals surface area contributed by atoms with Crippen molar-refractivity contribution in [1.29, 1.82) is 0 Å². The molecule has 0 aromatic heterocycles. The molecular weight excluding hydrogens is 236 g/mol. The number of unbranched alkanes of at least 4 members (excludes halogenated alkanes) is 2. The number of hydrogen-bond acceptors (Lipinski definition) is 1. The maximum absolute atomic E-state index is 10.9. The van der Waals surface area contributed by atoms with Gasteiger partial charge in [-0.1, -0.05) is 58.6 Å². The molecule has 0 aliphatic carbocycles. The fourth-order valence-corrected chi connectivity index (χ4v) is 2.56. The Morgan fingerprint density at radius 3 is 1.89 bits per heavy atom. The molecule has 0 aliphatic rings. The van der Waals surface area contributed by atoms with Gasteiger partial charge in [-0.15, -0.1) is 0 Å². The van der Waals surface area contributed by atoms with E-state index >= 15 is 0 Å². The van der Waals surface area contributed by atoms with Gasteiger partial charge < -0.3 is 5.11 Å². The highest BCUT2D eigenvalue weighted by Crippen LogP contribution is 2.35. The molecule has 1 aromatic carbocycles. The van der Waals surface area contributed by atoms with E-state index in [0.29, 0.717) is 5.56 Å². The molecule has 1 N–H and O–H groups in total. The van der Waals surface area contributed by atoms with Gasteiger partial charge in [-0.05, 0) is 36.0 Å². The zero-order chi connectivity index (χ0) is 14.3. The summed E-state index contributed by atoms with van der Waals surface area (Å²) in [7, 11) is 0. The van der Waals surface area contributed by atoms with Crippen LogP contribution in [0.25, 0.3) is 0 Å². The molecule has 0 saturated heterocycles. The van der Waals surface area contributed by atoms with Gasteiger partial charge in [0.25, 0.3) is 0 Å². The van der Waals surface area contributed by atoms with E-state index in [1.54, 1.807) is 12.1 Å². The molecular formula is C17H26O2. The fourth-order valence-electron chi connectivity index (χ4n) is 2.56. The molecule has 0 radical (unpaired) electrons. The maximum atomic E-state index is 10.9. The molecule has 2 nitrogen and oxygen atoms in total. The van der Waals surface area contributed by atoms with Crippen molar-refractivity contribution < 1.29 is 9.90 Å². The Balaban J connectivity index is 2.92. The Morgan fingerprint density at radius 2 is 1.53 bits per heavy atom. The standard InChI is InChI=1S/C17H26O2/c1-4-6-12-17(3,13-7-5-2)15-10-8-14(9-11-15)16(18)19/h8-11H,4-7,12-13H2,1-3H3,(H,18,19). The molecule has 2 heteroatoms. The van der Waals surface area contributed by atoms with Crippen LogP contribution in [-0.4, -0.2) is 11.1 Å². The lowest BCUT2D eigenvalue weighted by Crippen LogP contribution is -2.22. The molecule has 0 spiro atoms. The first-order valence-corrected chi connectivity index (χ1v) is 7.37. The van der Waals surface area contributed by atoms with E-state index in [4.69, 9.17) is 5.11 Å². The van der Waals surface area contributed by atoms with Gasteiger partial charge in [-0.25, -0.2) is 4.79 Å². The van der Waals surface area contributed by atoms with Crippen molar-refractivity contribution >= 4 is 5.97 Å². The third kappa shape index (κ3) is 4.38. The zero-order valence-corrected chi connectivity index (χ0v) is 12.4. The Kier molecular flexibility index (Phi) is 6.07. The fraction of sp³-hybridized carbons (Fsp3) is 0.588. The molecule has 19 heavy (non-hydrogen) atoms. The highest BCUT2D eigenvalue weighted by molar-refractivity contribution is 5.87. The largest absolute Gasteiger partial charge is 0.478 e. The van der Waals surface area contributed by atoms with Crippen molar-refractivity contribution in [3.8, 4) is 0 Å². The summed E-state index contributed by atoms with van der Waals surface area (Å²) in [6.45, 7) is 6.75. The Labute approximate surface area is 116 Å². The normalized spacial score (nSPS) is 11.5. The lowest BCUT2D eigenvalue weighted by atomic mass is 9.74. The summed E-state index contributed by atoms with van der Waals surface area (Å²) in [6.07, 6.45) is 7.21. The van der Waals surface area contributed by atoms with Crippen LogP contribution in [0.4, 0.5) is 0 Å². The van der Waals surface area contributed by atoms with Crippen LogP contribution in [0, 0.1) is 0 Å². The second-order valence-electron chi connectivity index (χ2n) is 5.65. The summed E-state index contributed by atoms with van der Waals surface area (Å²) < 4.78 is 0. The van der Waals surface area contributed by atoms with E-state index in [1.807, 2.05) is 12.1 Å². The van der Waals surface area contributed by atoms with Gasteiger partial charge in [0.1, 0.15) is 0 Å². The number of carbonyl (C=O) groups is 1. The first-order valence-electron chi connectivity index (χ1n) is 7.37. The summed E-state index contributed by atoms with van der Waals surface area (Å²) in [5, 5.41) is 8.96. The number of aromatic carboxylic acids is 1. The van der Waals surface area contributed by atoms with Crippen molar-refractivity contribution in [2.75, 3.05) is 0 Å². The van der Waals surface area contributed by atoms with Crippen LogP contribution in [0.1, 0.15) is 75.2 Å². The summed E-state index contributed by atoms with van der Waals surface area (Å²) >= 11 is 0. The number of carboxylic acids is 1. The third-order valence-electron chi connectivity index (χ3n) is 3.99. The average molecular weight is 262 g/mol. The molecule has 1 rings (SSSR count). The summed E-state index contributed by atoms with van der Waals surface area (Å²) in [5.41, 5.74) is 1.83. The lowest BCUT2D eigenvalue weighted by molar-refractivity contribution is 0.0697. The predicted octanol–water partition coefficient (Wildman–Crippen LogP) is 5.02. The van der Waals surface area contributed by atoms with E-state index in [0.717, 1.165) is 0 Å². The van der Waals surface area contributed by atoms with Gasteiger partial charge in [-0.2, -0.15) is 0 Å². The molecule has 0 aliphatic heterocycles. The van der Waals surface area contributed by atoms with Crippen molar-refractivity contribution in [3.63, 3.8) is 0 Å². The smallest absolute Gasteiger partial charge is 0.335 e. The second kappa shape index (κ2) is 7.32. The SMILES string of the molecule is CCCCC(C)(CCCC)c1ccc(C(=O)O)cc1.